The van der Waals surface area contributed by atoms with Crippen molar-refractivity contribution >= 4 is 71.4 Å². The molecule has 62 heavy (non-hydrogen) atoms. The van der Waals surface area contributed by atoms with E-state index in [4.69, 9.17) is 4.42 Å². The Hall–Kier alpha value is -7.63. The van der Waals surface area contributed by atoms with Crippen molar-refractivity contribution in [2.45, 2.75) is 34.5 Å². The van der Waals surface area contributed by atoms with Crippen LogP contribution in [0.15, 0.2) is 161 Å². The number of hydrogen-bond donors (Lipinski definition) is 0. The van der Waals surface area contributed by atoms with E-state index < -0.39 is 5.41 Å². The van der Waals surface area contributed by atoms with Crippen LogP contribution in [0.4, 0.5) is 0 Å². The number of benzene rings is 8. The zero-order chi connectivity index (χ0) is 40.3. The summed E-state index contributed by atoms with van der Waals surface area (Å²) in [5.41, 5.74) is 15.7. The van der Waals surface area contributed by atoms with Gasteiger partial charge in [0.2, 0.25) is 0 Å². The maximum Gasteiger partial charge on any atom is 0.344 e. The second kappa shape index (κ2) is 9.62. The monoisotopic (exact) mass is 791 g/mol. The third kappa shape index (κ3) is 2.87. The number of rotatable bonds is 0. The SMILES string of the molecule is O=C1c2cc3c(cc2C2c4ccccc4C24c2ccccc2C14)c1cc2oc(=O)c4ccccc4c2c2c4cc5c(cc4n3c12)C(=O)C1c2ccccc2C12c1ccccc1C52. The van der Waals surface area contributed by atoms with Gasteiger partial charge in [0.25, 0.3) is 0 Å². The van der Waals surface area contributed by atoms with Gasteiger partial charge in [-0.25, -0.2) is 4.79 Å². The Kier molecular flexibility index (Phi) is 4.85. The first-order chi connectivity index (χ1) is 30.5. The van der Waals surface area contributed by atoms with E-state index in [0.717, 1.165) is 82.2 Å². The Morgan fingerprint density at radius 3 is 1.40 bits per heavy atom. The van der Waals surface area contributed by atoms with Gasteiger partial charge >= 0.3 is 5.63 Å². The molecule has 2 spiro atoms. The number of hydrogen-bond acceptors (Lipinski definition) is 4. The molecular formula is C57H29NO4. The van der Waals surface area contributed by atoms with E-state index in [0.29, 0.717) is 11.0 Å². The molecule has 5 nitrogen and oxygen atoms in total. The molecule has 0 bridgehead atoms. The van der Waals surface area contributed by atoms with Gasteiger partial charge in [-0.1, -0.05) is 115 Å². The van der Waals surface area contributed by atoms with Crippen molar-refractivity contribution in [3.63, 3.8) is 0 Å². The van der Waals surface area contributed by atoms with Gasteiger partial charge in [-0.3, -0.25) is 9.59 Å². The maximum absolute atomic E-state index is 15.3. The summed E-state index contributed by atoms with van der Waals surface area (Å²) < 4.78 is 8.63. The van der Waals surface area contributed by atoms with E-state index in [1.165, 1.54) is 33.4 Å². The number of nitrogens with zero attached hydrogens (tertiary/aromatic N) is 1. The van der Waals surface area contributed by atoms with Gasteiger partial charge in [0, 0.05) is 66.1 Å². The standard InChI is InChI=1S/C57H29NO4/c59-53-36-23-43-32(21-33(36)48-28-13-3-7-17-39(28)56(48)41-19-9-5-15-30(41)50(53)56)35-25-45-46(26-11-1-2-12-27(26)55(61)62-45)47-38-22-34-37(24-44(38)58(43)52(35)47)54(60)51-31-16-6-10-20-42(31)57(51)40-18-8-4-14-29(40)49(34)57/h1-25,48-51H. The highest BCUT2D eigenvalue weighted by Gasteiger charge is 2.70. The van der Waals surface area contributed by atoms with Gasteiger partial charge in [0.15, 0.2) is 11.6 Å². The molecule has 0 saturated heterocycles. The van der Waals surface area contributed by atoms with Crippen LogP contribution in [0.2, 0.25) is 0 Å². The normalized spacial score (nSPS) is 25.0. The van der Waals surface area contributed by atoms with E-state index in [1.54, 1.807) is 0 Å². The van der Waals surface area contributed by atoms with Gasteiger partial charge in [-0.05, 0) is 92.0 Å². The first kappa shape index (κ1) is 31.3. The van der Waals surface area contributed by atoms with E-state index in [-0.39, 0.29) is 46.3 Å². The molecule has 0 radical (unpaired) electrons. The molecule has 0 amide bonds. The molecule has 6 aliphatic carbocycles. The summed E-state index contributed by atoms with van der Waals surface area (Å²) in [6.07, 6.45) is 0. The van der Waals surface area contributed by atoms with Crippen LogP contribution in [0.5, 0.6) is 0 Å². The van der Waals surface area contributed by atoms with Gasteiger partial charge < -0.3 is 8.82 Å². The second-order valence-corrected chi connectivity index (χ2v) is 18.8. The molecule has 0 aliphatic heterocycles. The first-order valence-corrected chi connectivity index (χ1v) is 21.7. The van der Waals surface area contributed by atoms with Crippen LogP contribution < -0.4 is 5.63 Å². The van der Waals surface area contributed by atoms with E-state index in [1.807, 2.05) is 24.3 Å². The van der Waals surface area contributed by atoms with Crippen LogP contribution in [0, 0.1) is 0 Å². The minimum absolute atomic E-state index is 0.0223. The Morgan fingerprint density at radius 2 is 0.855 bits per heavy atom. The van der Waals surface area contributed by atoms with E-state index >= 15 is 9.59 Å². The number of carbonyl (C=O) groups excluding carboxylic acids is 2. The zero-order valence-corrected chi connectivity index (χ0v) is 32.8. The molecule has 8 aromatic carbocycles. The van der Waals surface area contributed by atoms with Crippen LogP contribution in [0.1, 0.15) is 100 Å². The number of carbonyl (C=O) groups is 2. The molecule has 0 N–H and O–H groups in total. The van der Waals surface area contributed by atoms with Crippen molar-refractivity contribution in [3.8, 4) is 0 Å². The lowest BCUT2D eigenvalue weighted by molar-refractivity contribution is 0.0839. The maximum atomic E-state index is 15.3. The summed E-state index contributed by atoms with van der Waals surface area (Å²) in [6.45, 7) is 0. The van der Waals surface area contributed by atoms with Crippen LogP contribution in [-0.2, 0) is 10.8 Å². The molecular weight excluding hydrogens is 763 g/mol. The number of aromatic nitrogens is 1. The minimum atomic E-state index is -0.394. The fraction of sp³-hybridized carbons (Fsp3) is 0.105. The second-order valence-electron chi connectivity index (χ2n) is 18.8. The summed E-state index contributed by atoms with van der Waals surface area (Å²) in [7, 11) is 0. The lowest BCUT2D eigenvalue weighted by Gasteiger charge is -2.64. The summed E-state index contributed by atoms with van der Waals surface area (Å²) >= 11 is 0. The van der Waals surface area contributed by atoms with Crippen molar-refractivity contribution in [2.75, 3.05) is 0 Å². The Morgan fingerprint density at radius 1 is 0.403 bits per heavy atom. The highest BCUT2D eigenvalue weighted by atomic mass is 16.4. The Labute approximate surface area is 351 Å². The van der Waals surface area contributed by atoms with Crippen molar-refractivity contribution in [3.05, 3.63) is 229 Å². The molecule has 3 heterocycles. The molecule has 11 aromatic rings. The third-order valence-corrected chi connectivity index (χ3v) is 16.9. The number of fused-ring (bicyclic) bond motifs is 22. The highest BCUT2D eigenvalue weighted by molar-refractivity contribution is 6.35. The largest absolute Gasteiger partial charge is 0.422 e. The van der Waals surface area contributed by atoms with Crippen molar-refractivity contribution in [2.24, 2.45) is 0 Å². The van der Waals surface area contributed by atoms with E-state index in [9.17, 15) is 4.79 Å². The zero-order valence-electron chi connectivity index (χ0n) is 32.8. The molecule has 6 atom stereocenters. The van der Waals surface area contributed by atoms with Crippen molar-refractivity contribution in [1.82, 2.24) is 4.40 Å². The molecule has 17 rings (SSSR count). The lowest BCUT2D eigenvalue weighted by Crippen LogP contribution is -2.61. The van der Waals surface area contributed by atoms with Crippen molar-refractivity contribution in [1.29, 1.82) is 0 Å². The molecule has 6 unspecified atom stereocenters. The van der Waals surface area contributed by atoms with E-state index in [2.05, 4.69) is 132 Å². The molecule has 286 valence electrons. The molecule has 3 aromatic heterocycles. The Bertz CT molecular complexity index is 4170. The number of ketones is 2. The molecule has 6 aliphatic rings. The van der Waals surface area contributed by atoms with Gasteiger partial charge in [-0.15, -0.1) is 0 Å². The quantitative estimate of drug-likeness (QED) is 0.113. The van der Waals surface area contributed by atoms with Gasteiger partial charge in [-0.2, -0.15) is 0 Å². The van der Waals surface area contributed by atoms with Crippen LogP contribution >= 0.6 is 0 Å². The third-order valence-electron chi connectivity index (χ3n) is 16.9. The average molecular weight is 792 g/mol. The predicted octanol–water partition coefficient (Wildman–Crippen LogP) is 11.5. The molecule has 0 fully saturated rings. The summed E-state index contributed by atoms with van der Waals surface area (Å²) in [5.74, 6) is -0.129. The Balaban J connectivity index is 1.03. The van der Waals surface area contributed by atoms with Crippen LogP contribution in [0.25, 0.3) is 59.8 Å². The topological polar surface area (TPSA) is 68.8 Å². The highest BCUT2D eigenvalue weighted by Crippen LogP contribution is 2.75. The lowest BCUT2D eigenvalue weighted by atomic mass is 9.36. The predicted molar refractivity (Wildman–Crippen MR) is 240 cm³/mol. The van der Waals surface area contributed by atoms with Crippen molar-refractivity contribution < 1.29 is 14.0 Å². The van der Waals surface area contributed by atoms with Crippen LogP contribution in [0.3, 0.4) is 0 Å². The van der Waals surface area contributed by atoms with Crippen LogP contribution in [-0.4, -0.2) is 16.0 Å². The molecule has 0 saturated carbocycles. The molecule has 5 heteroatoms. The smallest absolute Gasteiger partial charge is 0.344 e. The first-order valence-electron chi connectivity index (χ1n) is 21.7. The van der Waals surface area contributed by atoms with Gasteiger partial charge in [0.1, 0.15) is 5.58 Å². The fourth-order valence-electron chi connectivity index (χ4n) is 14.9. The average Bonchev–Trinajstić information content (AvgIpc) is 3.77. The summed E-state index contributed by atoms with van der Waals surface area (Å²) in [5, 5.41) is 6.24. The number of Topliss-reactive ketones (excluding diaryl/α,β-unsaturated/α-hetero) is 2. The van der Waals surface area contributed by atoms with Gasteiger partial charge in [0.05, 0.1) is 33.8 Å². The summed E-state index contributed by atoms with van der Waals surface area (Å²) in [4.78, 5) is 44.2. The fourth-order valence-corrected chi connectivity index (χ4v) is 14.9. The minimum Gasteiger partial charge on any atom is -0.422 e. The summed E-state index contributed by atoms with van der Waals surface area (Å²) in [6, 6.07) is 53.0.